The lowest BCUT2D eigenvalue weighted by Crippen LogP contribution is -2.23. The minimum atomic E-state index is 0.293. The van der Waals surface area contributed by atoms with Crippen molar-refractivity contribution in [3.8, 4) is 0 Å². The fourth-order valence-electron chi connectivity index (χ4n) is 3.80. The molecule has 23 heavy (non-hydrogen) atoms. The van der Waals surface area contributed by atoms with E-state index in [0.29, 0.717) is 12.0 Å². The minimum Gasteiger partial charge on any atom is -0.363 e. The number of hydrogen-bond donors (Lipinski definition) is 2. The lowest BCUT2D eigenvalue weighted by molar-refractivity contribution is 0.321. The summed E-state index contributed by atoms with van der Waals surface area (Å²) >= 11 is 0. The van der Waals surface area contributed by atoms with Gasteiger partial charge in [-0.2, -0.15) is 0 Å². The second-order valence-electron chi connectivity index (χ2n) is 6.40. The van der Waals surface area contributed by atoms with Crippen LogP contribution >= 0.6 is 0 Å². The van der Waals surface area contributed by atoms with Crippen LogP contribution in [-0.4, -0.2) is 15.0 Å². The van der Waals surface area contributed by atoms with E-state index in [9.17, 15) is 0 Å². The zero-order chi connectivity index (χ0) is 15.5. The van der Waals surface area contributed by atoms with Crippen molar-refractivity contribution >= 4 is 16.7 Å². The van der Waals surface area contributed by atoms with E-state index in [4.69, 9.17) is 0 Å². The number of anilines is 1. The Morgan fingerprint density at radius 3 is 2.78 bits per heavy atom. The molecule has 3 aromatic rings. The molecule has 118 valence electrons. The second-order valence-corrected chi connectivity index (χ2v) is 6.40. The van der Waals surface area contributed by atoms with Gasteiger partial charge in [0.15, 0.2) is 0 Å². The number of benzene rings is 1. The van der Waals surface area contributed by atoms with Crippen LogP contribution in [0.3, 0.4) is 0 Å². The Morgan fingerprint density at radius 2 is 1.96 bits per heavy atom. The standard InChI is InChI=1S/C19H22N4/c1-2-6-14(7-3-1)19(23-18-10-11-20-13-22-18)16-12-21-17-9-5-4-8-15(16)17/h4-5,8-14,19,21H,1-3,6-7H2,(H,20,22,23). The molecule has 2 N–H and O–H groups in total. The summed E-state index contributed by atoms with van der Waals surface area (Å²) in [6.45, 7) is 0. The maximum atomic E-state index is 4.37. The average molecular weight is 306 g/mol. The van der Waals surface area contributed by atoms with Crippen LogP contribution in [0.2, 0.25) is 0 Å². The third-order valence-electron chi connectivity index (χ3n) is 4.96. The molecule has 0 aliphatic heterocycles. The Labute approximate surface area is 136 Å². The lowest BCUT2D eigenvalue weighted by atomic mass is 9.81. The third kappa shape index (κ3) is 2.93. The molecule has 4 heteroatoms. The van der Waals surface area contributed by atoms with E-state index >= 15 is 0 Å². The Kier molecular flexibility index (Phi) is 3.97. The van der Waals surface area contributed by atoms with Gasteiger partial charge >= 0.3 is 0 Å². The zero-order valence-electron chi connectivity index (χ0n) is 13.2. The number of hydrogen-bond acceptors (Lipinski definition) is 3. The molecule has 1 fully saturated rings. The van der Waals surface area contributed by atoms with Gasteiger partial charge < -0.3 is 10.3 Å². The number of aromatic amines is 1. The summed E-state index contributed by atoms with van der Waals surface area (Å²) in [5.41, 5.74) is 2.55. The fraction of sp³-hybridized carbons (Fsp3) is 0.368. The average Bonchev–Trinajstić information content (AvgIpc) is 3.05. The van der Waals surface area contributed by atoms with Gasteiger partial charge in [0, 0.05) is 23.3 Å². The maximum Gasteiger partial charge on any atom is 0.129 e. The van der Waals surface area contributed by atoms with Crippen LogP contribution < -0.4 is 5.32 Å². The molecule has 2 aromatic heterocycles. The van der Waals surface area contributed by atoms with E-state index in [2.05, 4.69) is 50.7 Å². The van der Waals surface area contributed by atoms with Crippen molar-refractivity contribution in [2.24, 2.45) is 5.92 Å². The fourth-order valence-corrected chi connectivity index (χ4v) is 3.80. The van der Waals surface area contributed by atoms with Crippen molar-refractivity contribution < 1.29 is 0 Å². The summed E-state index contributed by atoms with van der Waals surface area (Å²) in [6, 6.07) is 10.8. The molecule has 0 radical (unpaired) electrons. The van der Waals surface area contributed by atoms with Gasteiger partial charge in [0.2, 0.25) is 0 Å². The predicted molar refractivity (Wildman–Crippen MR) is 93.3 cm³/mol. The van der Waals surface area contributed by atoms with Gasteiger partial charge in [-0.15, -0.1) is 0 Å². The van der Waals surface area contributed by atoms with Crippen LogP contribution in [0.4, 0.5) is 5.82 Å². The van der Waals surface area contributed by atoms with E-state index in [-0.39, 0.29) is 0 Å². The van der Waals surface area contributed by atoms with Crippen LogP contribution in [0.5, 0.6) is 0 Å². The van der Waals surface area contributed by atoms with Gasteiger partial charge in [-0.05, 0) is 36.5 Å². The Balaban J connectivity index is 1.72. The summed E-state index contributed by atoms with van der Waals surface area (Å²) in [4.78, 5) is 11.8. The molecule has 1 aliphatic rings. The highest BCUT2D eigenvalue weighted by atomic mass is 15.0. The van der Waals surface area contributed by atoms with Crippen molar-refractivity contribution in [1.29, 1.82) is 0 Å². The number of nitrogens with zero attached hydrogens (tertiary/aromatic N) is 2. The molecule has 1 saturated carbocycles. The van der Waals surface area contributed by atoms with E-state index in [1.807, 2.05) is 6.07 Å². The molecule has 0 spiro atoms. The Morgan fingerprint density at radius 1 is 1.09 bits per heavy atom. The Hall–Kier alpha value is -2.36. The summed E-state index contributed by atoms with van der Waals surface area (Å²) in [6.07, 6.45) is 12.1. The minimum absolute atomic E-state index is 0.293. The van der Waals surface area contributed by atoms with Crippen molar-refractivity contribution in [2.45, 2.75) is 38.1 Å². The molecule has 1 aliphatic carbocycles. The molecule has 2 heterocycles. The highest BCUT2D eigenvalue weighted by Gasteiger charge is 2.27. The monoisotopic (exact) mass is 306 g/mol. The number of H-pyrrole nitrogens is 1. The third-order valence-corrected chi connectivity index (χ3v) is 4.96. The van der Waals surface area contributed by atoms with E-state index < -0.39 is 0 Å². The first-order chi connectivity index (χ1) is 11.4. The van der Waals surface area contributed by atoms with Crippen molar-refractivity contribution in [2.75, 3.05) is 5.32 Å². The zero-order valence-corrected chi connectivity index (χ0v) is 13.2. The number of aromatic nitrogens is 3. The van der Waals surface area contributed by atoms with Crippen LogP contribution in [0.15, 0.2) is 49.1 Å². The quantitative estimate of drug-likeness (QED) is 0.735. The summed E-state index contributed by atoms with van der Waals surface area (Å²) in [7, 11) is 0. The second kappa shape index (κ2) is 6.41. The van der Waals surface area contributed by atoms with Gasteiger partial charge in [0.1, 0.15) is 12.1 Å². The van der Waals surface area contributed by atoms with E-state index in [1.165, 1.54) is 48.6 Å². The van der Waals surface area contributed by atoms with Gasteiger partial charge in [0.25, 0.3) is 0 Å². The topological polar surface area (TPSA) is 53.6 Å². The predicted octanol–water partition coefficient (Wildman–Crippen LogP) is 4.69. The number of nitrogens with one attached hydrogen (secondary N) is 2. The van der Waals surface area contributed by atoms with Crippen molar-refractivity contribution in [1.82, 2.24) is 15.0 Å². The van der Waals surface area contributed by atoms with Gasteiger partial charge in [-0.25, -0.2) is 9.97 Å². The molecule has 1 unspecified atom stereocenters. The molecular formula is C19H22N4. The summed E-state index contributed by atoms with van der Waals surface area (Å²) < 4.78 is 0. The molecule has 1 aromatic carbocycles. The molecule has 0 saturated heterocycles. The molecule has 1 atom stereocenters. The summed E-state index contributed by atoms with van der Waals surface area (Å²) in [5, 5.41) is 4.98. The first-order valence-electron chi connectivity index (χ1n) is 8.50. The van der Waals surface area contributed by atoms with Crippen molar-refractivity contribution in [3.63, 3.8) is 0 Å². The van der Waals surface area contributed by atoms with Gasteiger partial charge in [0.05, 0.1) is 6.04 Å². The smallest absolute Gasteiger partial charge is 0.129 e. The summed E-state index contributed by atoms with van der Waals surface area (Å²) in [5.74, 6) is 1.55. The van der Waals surface area contributed by atoms with Gasteiger partial charge in [-0.1, -0.05) is 37.5 Å². The van der Waals surface area contributed by atoms with Crippen LogP contribution in [-0.2, 0) is 0 Å². The highest BCUT2D eigenvalue weighted by Crippen LogP contribution is 2.38. The van der Waals surface area contributed by atoms with Crippen LogP contribution in [0.25, 0.3) is 10.9 Å². The number of rotatable bonds is 4. The van der Waals surface area contributed by atoms with Crippen molar-refractivity contribution in [3.05, 3.63) is 54.6 Å². The van der Waals surface area contributed by atoms with Gasteiger partial charge in [-0.3, -0.25) is 0 Å². The van der Waals surface area contributed by atoms with Crippen LogP contribution in [0.1, 0.15) is 43.7 Å². The number of fused-ring (bicyclic) bond motifs is 1. The maximum absolute atomic E-state index is 4.37. The lowest BCUT2D eigenvalue weighted by Gasteiger charge is -2.31. The molecule has 4 rings (SSSR count). The molecular weight excluding hydrogens is 284 g/mol. The molecule has 0 bridgehead atoms. The molecule has 0 amide bonds. The highest BCUT2D eigenvalue weighted by molar-refractivity contribution is 5.84. The largest absolute Gasteiger partial charge is 0.363 e. The normalized spacial score (nSPS) is 17.2. The first kappa shape index (κ1) is 14.2. The molecule has 4 nitrogen and oxygen atoms in total. The van der Waals surface area contributed by atoms with E-state index in [0.717, 1.165) is 5.82 Å². The van der Waals surface area contributed by atoms with Crippen LogP contribution in [0, 0.1) is 5.92 Å². The van der Waals surface area contributed by atoms with E-state index in [1.54, 1.807) is 12.5 Å². The Bertz CT molecular complexity index is 759. The first-order valence-corrected chi connectivity index (χ1v) is 8.50. The SMILES string of the molecule is c1ccc2c(C(Nc3ccncn3)C3CCCCC3)c[nH]c2c1. The number of para-hydroxylation sites is 1.